The van der Waals surface area contributed by atoms with Crippen LogP contribution >= 0.6 is 0 Å². The van der Waals surface area contributed by atoms with Crippen LogP contribution in [0.25, 0.3) is 44.2 Å². The molecular formula is C58H53N. The van der Waals surface area contributed by atoms with Gasteiger partial charge in [-0.3, -0.25) is 0 Å². The summed E-state index contributed by atoms with van der Waals surface area (Å²) >= 11 is 0. The summed E-state index contributed by atoms with van der Waals surface area (Å²) in [6.07, 6.45) is 8.27. The van der Waals surface area contributed by atoms with E-state index in [2.05, 4.69) is 184 Å². The molecule has 2 bridgehead atoms. The zero-order valence-corrected chi connectivity index (χ0v) is 34.9. The van der Waals surface area contributed by atoms with Gasteiger partial charge in [0, 0.05) is 22.5 Å². The Labute approximate surface area is 350 Å². The van der Waals surface area contributed by atoms with Crippen molar-refractivity contribution >= 4 is 27.8 Å². The van der Waals surface area contributed by atoms with Crippen LogP contribution in [-0.4, -0.2) is 0 Å². The molecule has 1 heteroatoms. The summed E-state index contributed by atoms with van der Waals surface area (Å²) in [4.78, 5) is 2.59. The van der Waals surface area contributed by atoms with E-state index in [0.29, 0.717) is 5.41 Å². The van der Waals surface area contributed by atoms with Crippen molar-refractivity contribution in [1.82, 2.24) is 0 Å². The quantitative estimate of drug-likeness (QED) is 0.169. The van der Waals surface area contributed by atoms with Gasteiger partial charge in [0.05, 0.1) is 0 Å². The van der Waals surface area contributed by atoms with E-state index in [4.69, 9.17) is 0 Å². The molecule has 0 radical (unpaired) electrons. The average molecular weight is 764 g/mol. The van der Waals surface area contributed by atoms with Crippen LogP contribution in [0.4, 0.5) is 17.1 Å². The van der Waals surface area contributed by atoms with Crippen molar-refractivity contribution in [2.75, 3.05) is 4.90 Å². The molecule has 6 aliphatic rings. The fourth-order valence-corrected chi connectivity index (χ4v) is 14.8. The van der Waals surface area contributed by atoms with Crippen molar-refractivity contribution in [3.05, 3.63) is 174 Å². The van der Waals surface area contributed by atoms with Gasteiger partial charge in [-0.2, -0.15) is 0 Å². The first kappa shape index (κ1) is 34.5. The summed E-state index contributed by atoms with van der Waals surface area (Å²) in [5, 5.41) is 2.58. The third-order valence-corrected chi connectivity index (χ3v) is 17.4. The van der Waals surface area contributed by atoms with E-state index >= 15 is 0 Å². The summed E-state index contributed by atoms with van der Waals surface area (Å²) in [5.41, 5.74) is 19.1. The minimum absolute atomic E-state index is 0.121. The van der Waals surface area contributed by atoms with Crippen LogP contribution in [0.3, 0.4) is 0 Å². The maximum Gasteiger partial charge on any atom is 0.0465 e. The third kappa shape index (κ3) is 4.37. The van der Waals surface area contributed by atoms with E-state index in [1.54, 1.807) is 11.1 Å². The first-order chi connectivity index (χ1) is 28.7. The molecular weight excluding hydrogens is 711 g/mol. The molecule has 6 unspecified atom stereocenters. The predicted molar refractivity (Wildman–Crippen MR) is 246 cm³/mol. The van der Waals surface area contributed by atoms with Gasteiger partial charge in [0.15, 0.2) is 0 Å². The van der Waals surface area contributed by atoms with E-state index in [0.717, 1.165) is 23.7 Å². The lowest BCUT2D eigenvalue weighted by molar-refractivity contribution is -0.231. The smallest absolute Gasteiger partial charge is 0.0465 e. The number of nitrogens with zero attached hydrogens (tertiary/aromatic N) is 1. The summed E-state index contributed by atoms with van der Waals surface area (Å²) in [6.45, 7) is 9.80. The van der Waals surface area contributed by atoms with Gasteiger partial charge in [0.25, 0.3) is 0 Å². The molecule has 7 aromatic rings. The molecule has 13 rings (SSSR count). The maximum absolute atomic E-state index is 2.67. The Morgan fingerprint density at radius 1 is 0.441 bits per heavy atom. The molecule has 0 aromatic heterocycles. The maximum atomic E-state index is 2.67. The highest BCUT2D eigenvalue weighted by atomic mass is 15.1. The van der Waals surface area contributed by atoms with Crippen LogP contribution in [0, 0.1) is 29.1 Å². The van der Waals surface area contributed by atoms with E-state index < -0.39 is 0 Å². The number of fused-ring (bicyclic) bond motifs is 10. The molecule has 6 aliphatic carbocycles. The van der Waals surface area contributed by atoms with Crippen molar-refractivity contribution in [2.24, 2.45) is 29.1 Å². The molecule has 4 fully saturated rings. The van der Waals surface area contributed by atoms with E-state index in [1.807, 2.05) is 0 Å². The Hall–Kier alpha value is -5.40. The summed E-state index contributed by atoms with van der Waals surface area (Å²) in [7, 11) is 0. The number of rotatable bonds is 5. The van der Waals surface area contributed by atoms with Crippen LogP contribution in [-0.2, 0) is 16.2 Å². The SMILES string of the molecule is CC1(C)CCC(C)(C)c2cc(N(c3ccc(-c4ccc(-c5ccccc5)c5ccccc45)cc3)c3ccc4c(c3)C3(c5ccccc5-4)C4CC5CC6CC3C64C5)ccc21. The molecule has 290 valence electrons. The van der Waals surface area contributed by atoms with Gasteiger partial charge < -0.3 is 4.90 Å². The number of hydrogen-bond donors (Lipinski definition) is 0. The molecule has 0 amide bonds. The fraction of sp³-hybridized carbons (Fsp3) is 0.310. The highest BCUT2D eigenvalue weighted by Gasteiger charge is 2.84. The average Bonchev–Trinajstić information content (AvgIpc) is 3.90. The van der Waals surface area contributed by atoms with Crippen LogP contribution in [0.1, 0.15) is 88.5 Å². The molecule has 0 heterocycles. The van der Waals surface area contributed by atoms with E-state index in [9.17, 15) is 0 Å². The molecule has 4 saturated carbocycles. The van der Waals surface area contributed by atoms with Gasteiger partial charge in [0.2, 0.25) is 0 Å². The summed E-state index contributed by atoms with van der Waals surface area (Å²) in [5.74, 6) is 3.50. The second-order valence-corrected chi connectivity index (χ2v) is 20.8. The topological polar surface area (TPSA) is 3.24 Å². The van der Waals surface area contributed by atoms with Crippen molar-refractivity contribution in [2.45, 2.75) is 82.5 Å². The third-order valence-electron chi connectivity index (χ3n) is 17.4. The van der Waals surface area contributed by atoms with Gasteiger partial charge in [-0.15, -0.1) is 0 Å². The highest BCUT2D eigenvalue weighted by Crippen LogP contribution is 2.89. The monoisotopic (exact) mass is 763 g/mol. The minimum Gasteiger partial charge on any atom is -0.310 e. The molecule has 0 N–H and O–H groups in total. The highest BCUT2D eigenvalue weighted by molar-refractivity contribution is 6.05. The molecule has 1 nitrogen and oxygen atoms in total. The molecule has 2 spiro atoms. The fourth-order valence-electron chi connectivity index (χ4n) is 14.8. The van der Waals surface area contributed by atoms with E-state index in [-0.39, 0.29) is 16.2 Å². The van der Waals surface area contributed by atoms with Crippen molar-refractivity contribution in [1.29, 1.82) is 0 Å². The predicted octanol–water partition coefficient (Wildman–Crippen LogP) is 15.3. The van der Waals surface area contributed by atoms with Gasteiger partial charge in [-0.05, 0) is 181 Å². The molecule has 6 atom stereocenters. The summed E-state index contributed by atoms with van der Waals surface area (Å²) < 4.78 is 0. The number of anilines is 3. The van der Waals surface area contributed by atoms with Crippen molar-refractivity contribution in [3.8, 4) is 33.4 Å². The lowest BCUT2D eigenvalue weighted by atomic mass is 9.27. The molecule has 59 heavy (non-hydrogen) atoms. The zero-order chi connectivity index (χ0) is 39.5. The van der Waals surface area contributed by atoms with Crippen LogP contribution < -0.4 is 4.90 Å². The lowest BCUT2D eigenvalue weighted by Gasteiger charge is -2.76. The standard InChI is InChI=1S/C58H53N/c1-55(2)28-29-56(3,4)52-34-42(23-27-50(52)55)59(40-20-18-38(19-21-40)44-26-25-43(37-12-6-5-7-13-37)45-14-8-9-15-46(44)45)41-22-24-48-47-16-10-11-17-49(47)58(51(48)33-41)53-31-36-30-39-32-54(58)57(39,53)35-36/h5-27,33-34,36,39,53-54H,28-32,35H2,1-4H3. The second-order valence-electron chi connectivity index (χ2n) is 20.8. The normalized spacial score (nSPS) is 28.0. The van der Waals surface area contributed by atoms with Crippen molar-refractivity contribution < 1.29 is 0 Å². The minimum atomic E-state index is 0.121. The zero-order valence-electron chi connectivity index (χ0n) is 34.9. The van der Waals surface area contributed by atoms with Gasteiger partial charge in [-0.1, -0.05) is 143 Å². The van der Waals surface area contributed by atoms with E-state index in [1.165, 1.54) is 111 Å². The Kier molecular flexibility index (Phi) is 6.81. The lowest BCUT2D eigenvalue weighted by Crippen LogP contribution is -2.73. The van der Waals surface area contributed by atoms with Crippen LogP contribution in [0.5, 0.6) is 0 Å². The van der Waals surface area contributed by atoms with Gasteiger partial charge in [-0.25, -0.2) is 0 Å². The first-order valence-corrected chi connectivity index (χ1v) is 22.6. The molecule has 7 aromatic carbocycles. The Morgan fingerprint density at radius 3 is 1.73 bits per heavy atom. The number of hydrogen-bond acceptors (Lipinski definition) is 1. The first-order valence-electron chi connectivity index (χ1n) is 22.6. The summed E-state index contributed by atoms with van der Waals surface area (Å²) in [6, 6.07) is 58.4. The Morgan fingerprint density at radius 2 is 1.00 bits per heavy atom. The Bertz CT molecular complexity index is 2880. The number of benzene rings is 7. The second kappa shape index (κ2) is 11.7. The van der Waals surface area contributed by atoms with Gasteiger partial charge in [0.1, 0.15) is 0 Å². The van der Waals surface area contributed by atoms with Gasteiger partial charge >= 0.3 is 0 Å². The Balaban J connectivity index is 0.971. The van der Waals surface area contributed by atoms with Crippen molar-refractivity contribution in [3.63, 3.8) is 0 Å². The molecule has 0 aliphatic heterocycles. The van der Waals surface area contributed by atoms with Crippen LogP contribution in [0.15, 0.2) is 152 Å². The largest absolute Gasteiger partial charge is 0.310 e. The molecule has 0 saturated heterocycles. The van der Waals surface area contributed by atoms with Crippen LogP contribution in [0.2, 0.25) is 0 Å².